The summed E-state index contributed by atoms with van der Waals surface area (Å²) in [5.41, 5.74) is 0.384. The van der Waals surface area contributed by atoms with Crippen molar-refractivity contribution in [3.63, 3.8) is 0 Å². The number of hydrogen-bond acceptors (Lipinski definition) is 11. The van der Waals surface area contributed by atoms with Crippen LogP contribution < -0.4 is 19.5 Å². The van der Waals surface area contributed by atoms with E-state index in [0.29, 0.717) is 62.7 Å². The van der Waals surface area contributed by atoms with Gasteiger partial charge in [-0.3, -0.25) is 9.59 Å². The second-order valence-electron chi connectivity index (χ2n) is 12.8. The predicted octanol–water partition coefficient (Wildman–Crippen LogP) is 4.67. The molecule has 1 fully saturated rings. The highest BCUT2D eigenvalue weighted by Gasteiger charge is 2.33. The van der Waals surface area contributed by atoms with E-state index in [2.05, 4.69) is 5.32 Å². The third kappa shape index (κ3) is 9.48. The number of phenolic OH excluding ortho intramolecular Hbond substituents is 2. The van der Waals surface area contributed by atoms with Crippen LogP contribution in [0.15, 0.2) is 24.3 Å². The molecule has 0 aliphatic carbocycles. The first-order valence-corrected chi connectivity index (χ1v) is 18.6. The summed E-state index contributed by atoms with van der Waals surface area (Å²) in [7, 11) is 0.964. The summed E-state index contributed by atoms with van der Waals surface area (Å²) in [6.45, 7) is 2.24. The number of amides is 1. The smallest absolute Gasteiger partial charge is 0.342 e. The molecule has 2 aliphatic heterocycles. The van der Waals surface area contributed by atoms with E-state index in [0.717, 1.165) is 6.26 Å². The fourth-order valence-electron chi connectivity index (χ4n) is 6.51. The molecule has 2 heterocycles. The monoisotopic (exact) mass is 716 g/mol. The lowest BCUT2D eigenvalue weighted by Crippen LogP contribution is -2.46. The lowest BCUT2D eigenvalue weighted by atomic mass is 9.84. The number of allylic oxidation sites excluding steroid dienone is 1. The number of methoxy groups -OCH3 is 3. The lowest BCUT2D eigenvalue weighted by molar-refractivity contribution is -0.122. The highest BCUT2D eigenvalue weighted by Crippen LogP contribution is 2.47. The first kappa shape index (κ1) is 38.5. The highest BCUT2D eigenvalue weighted by molar-refractivity contribution is 7.88. The number of cyclic esters (lactones) is 1. The van der Waals surface area contributed by atoms with E-state index in [1.54, 1.807) is 31.2 Å². The van der Waals surface area contributed by atoms with Gasteiger partial charge in [-0.15, -0.1) is 0 Å². The van der Waals surface area contributed by atoms with Crippen molar-refractivity contribution in [1.29, 1.82) is 0 Å². The number of sulfonamides is 1. The van der Waals surface area contributed by atoms with Gasteiger partial charge < -0.3 is 34.5 Å². The number of esters is 1. The number of fused-ring (bicyclic) bond motifs is 1. The average Bonchev–Trinajstić information content (AvgIpc) is 3.06. The second kappa shape index (κ2) is 17.1. The van der Waals surface area contributed by atoms with Crippen molar-refractivity contribution in [1.82, 2.24) is 9.62 Å². The van der Waals surface area contributed by atoms with Crippen molar-refractivity contribution in [2.75, 3.05) is 40.7 Å². The van der Waals surface area contributed by atoms with E-state index in [1.165, 1.54) is 31.7 Å². The Bertz CT molecular complexity index is 1670. The molecule has 3 N–H and O–H groups in total. The quantitative estimate of drug-likeness (QED) is 0.307. The molecule has 2 aliphatic rings. The van der Waals surface area contributed by atoms with Crippen LogP contribution >= 0.6 is 0 Å². The minimum absolute atomic E-state index is 0.0789. The van der Waals surface area contributed by atoms with E-state index in [9.17, 15) is 33.0 Å². The topological polar surface area (TPSA) is 178 Å². The molecule has 2 unspecified atom stereocenters. The van der Waals surface area contributed by atoms with Crippen LogP contribution in [0.25, 0.3) is 6.08 Å². The Balaban J connectivity index is 1.80. The normalized spacial score (nSPS) is 19.1. The summed E-state index contributed by atoms with van der Waals surface area (Å²) in [5, 5.41) is 26.4. The van der Waals surface area contributed by atoms with Gasteiger partial charge in [0.15, 0.2) is 11.5 Å². The summed E-state index contributed by atoms with van der Waals surface area (Å²) >= 11 is 0. The van der Waals surface area contributed by atoms with Crippen molar-refractivity contribution in [2.24, 2.45) is 0 Å². The van der Waals surface area contributed by atoms with Crippen LogP contribution in [0.1, 0.15) is 97.7 Å². The maximum atomic E-state index is 13.7. The van der Waals surface area contributed by atoms with Gasteiger partial charge in [0, 0.05) is 49.9 Å². The number of nitrogens with zero attached hydrogens (tertiary/aromatic N) is 1. The number of rotatable bonds is 9. The number of ether oxygens (including phenoxy) is 4. The molecule has 1 amide bonds. The third-order valence-corrected chi connectivity index (χ3v) is 10.5. The van der Waals surface area contributed by atoms with E-state index in [1.807, 2.05) is 0 Å². The average molecular weight is 717 g/mol. The van der Waals surface area contributed by atoms with Crippen LogP contribution in [0.2, 0.25) is 0 Å². The Kier molecular flexibility index (Phi) is 13.2. The summed E-state index contributed by atoms with van der Waals surface area (Å²) in [6.07, 6.45) is 7.48. The van der Waals surface area contributed by atoms with Crippen LogP contribution in [-0.4, -0.2) is 93.4 Å². The van der Waals surface area contributed by atoms with Crippen LogP contribution in [0.4, 0.5) is 0 Å². The first-order valence-electron chi connectivity index (χ1n) is 16.8. The Hall–Kier alpha value is -4.30. The number of ketones is 1. The molecule has 0 aromatic heterocycles. The molecule has 13 nitrogen and oxygen atoms in total. The Morgan fingerprint density at radius 2 is 1.64 bits per heavy atom. The number of carbonyl (C=O) groups is 3. The van der Waals surface area contributed by atoms with E-state index >= 15 is 0 Å². The molecule has 2 atom stereocenters. The summed E-state index contributed by atoms with van der Waals surface area (Å²) in [5.74, 6) is -2.19. The zero-order chi connectivity index (χ0) is 36.6. The standard InChI is InChI=1S/C36H48N2O11S/c1-22-10-9-13-26(39)12-8-6-7-11-23-18-28(40)33(34(42)32(23)36(43)49-22)27(24-19-29(46-2)35(48-4)30(20-24)47-3)21-31(41)37-25-14-16-38(17-15-25)50(5,44)45/h7,11,18-20,22,25,27,40,42H,6,8-10,12-17,21H2,1-5H3,(H,37,41). The fourth-order valence-corrected chi connectivity index (χ4v) is 7.39. The highest BCUT2D eigenvalue weighted by atomic mass is 32.2. The fraction of sp³-hybridized carbons (Fsp3) is 0.528. The van der Waals surface area contributed by atoms with Crippen LogP contribution in [0.3, 0.4) is 0 Å². The van der Waals surface area contributed by atoms with Crippen LogP contribution in [0.5, 0.6) is 28.7 Å². The molecule has 50 heavy (non-hydrogen) atoms. The third-order valence-electron chi connectivity index (χ3n) is 9.17. The maximum Gasteiger partial charge on any atom is 0.342 e. The van der Waals surface area contributed by atoms with Crippen LogP contribution in [-0.2, 0) is 24.3 Å². The number of hydrogen-bond donors (Lipinski definition) is 3. The zero-order valence-electron chi connectivity index (χ0n) is 29.3. The van der Waals surface area contributed by atoms with E-state index in [4.69, 9.17) is 18.9 Å². The van der Waals surface area contributed by atoms with Crippen molar-refractivity contribution >= 4 is 33.8 Å². The molecule has 0 radical (unpaired) electrons. The summed E-state index contributed by atoms with van der Waals surface area (Å²) in [6, 6.07) is 4.27. The summed E-state index contributed by atoms with van der Waals surface area (Å²) in [4.78, 5) is 39.6. The van der Waals surface area contributed by atoms with Crippen molar-refractivity contribution in [2.45, 2.75) is 82.8 Å². The van der Waals surface area contributed by atoms with Gasteiger partial charge in [-0.05, 0) is 74.8 Å². The van der Waals surface area contributed by atoms with Gasteiger partial charge in [-0.2, -0.15) is 0 Å². The minimum Gasteiger partial charge on any atom is -0.507 e. The number of phenols is 2. The number of benzene rings is 2. The van der Waals surface area contributed by atoms with Crippen molar-refractivity contribution in [3.05, 3.63) is 46.5 Å². The first-order chi connectivity index (χ1) is 23.8. The molecule has 14 heteroatoms. The number of Topliss-reactive ketones (excluding diaryl/α,β-unsaturated/α-hetero) is 1. The number of aromatic hydroxyl groups is 2. The molecular weight excluding hydrogens is 668 g/mol. The van der Waals surface area contributed by atoms with Gasteiger partial charge in [0.05, 0.1) is 33.7 Å². The molecule has 2 aromatic carbocycles. The lowest BCUT2D eigenvalue weighted by Gasteiger charge is -2.31. The molecular formula is C36H48N2O11S. The SMILES string of the molecule is COc1cc(C(CC(=O)NC2CCN(S(C)(=O)=O)CC2)c2c(O)cc3c(c2O)C(=O)OC(C)CCCC(=O)CCCC=C3)cc(OC)c1OC. The Morgan fingerprint density at radius 3 is 2.24 bits per heavy atom. The summed E-state index contributed by atoms with van der Waals surface area (Å²) < 4.78 is 47.7. The van der Waals surface area contributed by atoms with Gasteiger partial charge in [-0.1, -0.05) is 12.2 Å². The molecule has 4 rings (SSSR count). The van der Waals surface area contributed by atoms with E-state index < -0.39 is 39.7 Å². The van der Waals surface area contributed by atoms with Crippen LogP contribution in [0, 0.1) is 0 Å². The largest absolute Gasteiger partial charge is 0.507 e. The van der Waals surface area contributed by atoms with E-state index in [-0.39, 0.29) is 65.3 Å². The van der Waals surface area contributed by atoms with Crippen molar-refractivity contribution < 1.29 is 52.0 Å². The maximum absolute atomic E-state index is 13.7. The van der Waals surface area contributed by atoms with Gasteiger partial charge in [-0.25, -0.2) is 17.5 Å². The Labute approximate surface area is 293 Å². The number of piperidine rings is 1. The minimum atomic E-state index is -3.36. The molecule has 2 aromatic rings. The Morgan fingerprint density at radius 1 is 1.00 bits per heavy atom. The molecule has 0 spiro atoms. The number of carbonyl (C=O) groups excluding carboxylic acids is 3. The van der Waals surface area contributed by atoms with Gasteiger partial charge in [0.25, 0.3) is 0 Å². The van der Waals surface area contributed by atoms with Gasteiger partial charge in [0.2, 0.25) is 21.7 Å². The molecule has 0 bridgehead atoms. The predicted molar refractivity (Wildman–Crippen MR) is 187 cm³/mol. The van der Waals surface area contributed by atoms with Gasteiger partial charge in [0.1, 0.15) is 22.8 Å². The molecule has 0 saturated carbocycles. The molecule has 274 valence electrons. The zero-order valence-corrected chi connectivity index (χ0v) is 30.1. The molecule has 1 saturated heterocycles. The van der Waals surface area contributed by atoms with Gasteiger partial charge >= 0.3 is 5.97 Å². The second-order valence-corrected chi connectivity index (χ2v) is 14.8. The number of nitrogens with one attached hydrogen (secondary N) is 1. The van der Waals surface area contributed by atoms with Crippen molar-refractivity contribution in [3.8, 4) is 28.7 Å².